The Balaban J connectivity index is 1.51. The van der Waals surface area contributed by atoms with Crippen molar-refractivity contribution >= 4 is 22.3 Å². The van der Waals surface area contributed by atoms with E-state index in [1.807, 2.05) is 0 Å². The van der Waals surface area contributed by atoms with Crippen LogP contribution in [0.4, 0.5) is 4.79 Å². The molecule has 3 N–H and O–H groups in total. The highest BCUT2D eigenvalue weighted by atomic mass is 32.3. The van der Waals surface area contributed by atoms with Crippen molar-refractivity contribution in [2.24, 2.45) is 10.7 Å². The third-order valence-electron chi connectivity index (χ3n) is 4.56. The average Bonchev–Trinajstić information content (AvgIpc) is 3.23. The molecule has 0 spiro atoms. The molecule has 12 nitrogen and oxygen atoms in total. The SMILES string of the molecule is NC1=NCC(c2nnc([C@@H]3CC[C@@H]4CN3C(=O)N4OS(=O)(=O)O)o2)C1. The van der Waals surface area contributed by atoms with E-state index >= 15 is 0 Å². The molecule has 3 atom stereocenters. The van der Waals surface area contributed by atoms with Crippen LogP contribution in [0.1, 0.15) is 43.0 Å². The maximum Gasteiger partial charge on any atom is 0.418 e. The molecule has 4 heterocycles. The molecule has 2 bridgehead atoms. The minimum Gasteiger partial charge on any atom is -0.423 e. The van der Waals surface area contributed by atoms with Gasteiger partial charge in [0.15, 0.2) is 0 Å². The molecule has 1 aromatic heterocycles. The Bertz CT molecular complexity index is 837. The van der Waals surface area contributed by atoms with E-state index in [4.69, 9.17) is 14.7 Å². The summed E-state index contributed by atoms with van der Waals surface area (Å²) in [5.74, 6) is 1.17. The molecule has 2 amide bonds. The lowest BCUT2D eigenvalue weighted by molar-refractivity contribution is -0.0317. The first-order valence-corrected chi connectivity index (χ1v) is 9.07. The fourth-order valence-electron chi connectivity index (χ4n) is 3.41. The predicted octanol–water partition coefficient (Wildman–Crippen LogP) is -0.410. The van der Waals surface area contributed by atoms with Crippen LogP contribution in [0.5, 0.6) is 0 Å². The number of amidine groups is 1. The molecule has 4 rings (SSSR count). The van der Waals surface area contributed by atoms with Crippen molar-refractivity contribution < 1.29 is 26.5 Å². The van der Waals surface area contributed by atoms with Crippen LogP contribution in [0.15, 0.2) is 9.41 Å². The monoisotopic (exact) mass is 372 g/mol. The summed E-state index contributed by atoms with van der Waals surface area (Å²) in [4.78, 5) is 17.9. The smallest absolute Gasteiger partial charge is 0.418 e. The van der Waals surface area contributed by atoms with E-state index in [0.717, 1.165) is 0 Å². The summed E-state index contributed by atoms with van der Waals surface area (Å²) in [6.45, 7) is 0.731. The summed E-state index contributed by atoms with van der Waals surface area (Å²) < 4.78 is 40.7. The fourth-order valence-corrected chi connectivity index (χ4v) is 3.80. The molecule has 2 saturated heterocycles. The Morgan fingerprint density at radius 1 is 1.28 bits per heavy atom. The number of carbonyl (C=O) groups excluding carboxylic acids is 1. The minimum absolute atomic E-state index is 0.0637. The molecule has 25 heavy (non-hydrogen) atoms. The highest BCUT2D eigenvalue weighted by Gasteiger charge is 2.49. The van der Waals surface area contributed by atoms with Gasteiger partial charge in [0, 0.05) is 13.0 Å². The molecule has 0 aliphatic carbocycles. The van der Waals surface area contributed by atoms with Gasteiger partial charge in [0.2, 0.25) is 11.8 Å². The van der Waals surface area contributed by atoms with Gasteiger partial charge in [0.1, 0.15) is 6.04 Å². The van der Waals surface area contributed by atoms with Crippen molar-refractivity contribution in [1.82, 2.24) is 20.2 Å². The zero-order valence-corrected chi connectivity index (χ0v) is 13.8. The number of urea groups is 1. The normalized spacial score (nSPS) is 29.4. The Labute approximate surface area is 142 Å². The second-order valence-corrected chi connectivity index (χ2v) is 7.23. The van der Waals surface area contributed by atoms with Crippen molar-refractivity contribution in [3.05, 3.63) is 11.8 Å². The van der Waals surface area contributed by atoms with Crippen molar-refractivity contribution in [3.63, 3.8) is 0 Å². The first kappa shape index (κ1) is 16.2. The van der Waals surface area contributed by atoms with Crippen molar-refractivity contribution in [2.45, 2.75) is 37.3 Å². The highest BCUT2D eigenvalue weighted by Crippen LogP contribution is 2.38. The third kappa shape index (κ3) is 2.94. The number of amides is 2. The molecule has 0 aromatic carbocycles. The predicted molar refractivity (Wildman–Crippen MR) is 80.5 cm³/mol. The molecule has 136 valence electrons. The van der Waals surface area contributed by atoms with Crippen LogP contribution in [-0.2, 0) is 14.7 Å². The maximum atomic E-state index is 12.4. The van der Waals surface area contributed by atoms with Gasteiger partial charge in [-0.05, 0) is 12.8 Å². The van der Waals surface area contributed by atoms with Gasteiger partial charge in [-0.1, -0.05) is 0 Å². The van der Waals surface area contributed by atoms with Gasteiger partial charge in [-0.15, -0.1) is 14.5 Å². The number of nitrogens with two attached hydrogens (primary N) is 1. The number of hydrogen-bond acceptors (Lipinski definition) is 9. The second kappa shape index (κ2) is 5.64. The van der Waals surface area contributed by atoms with E-state index < -0.39 is 28.5 Å². The van der Waals surface area contributed by atoms with Gasteiger partial charge >= 0.3 is 16.4 Å². The van der Waals surface area contributed by atoms with Gasteiger partial charge in [0.05, 0.1) is 24.3 Å². The summed E-state index contributed by atoms with van der Waals surface area (Å²) in [6.07, 6.45) is 1.53. The fraction of sp³-hybridized carbons (Fsp3) is 0.667. The lowest BCUT2D eigenvalue weighted by atomic mass is 10.0. The van der Waals surface area contributed by atoms with Crippen LogP contribution >= 0.6 is 0 Å². The van der Waals surface area contributed by atoms with Gasteiger partial charge in [-0.2, -0.15) is 13.5 Å². The first-order valence-electron chi connectivity index (χ1n) is 7.71. The van der Waals surface area contributed by atoms with E-state index in [1.54, 1.807) is 0 Å². The second-order valence-electron chi connectivity index (χ2n) is 6.22. The van der Waals surface area contributed by atoms with Crippen LogP contribution in [0.25, 0.3) is 0 Å². The zero-order chi connectivity index (χ0) is 17.8. The van der Waals surface area contributed by atoms with Crippen molar-refractivity contribution in [3.8, 4) is 0 Å². The Morgan fingerprint density at radius 2 is 2.04 bits per heavy atom. The number of aliphatic imine (C=N–C) groups is 1. The van der Waals surface area contributed by atoms with Crippen LogP contribution in [-0.4, -0.2) is 64.1 Å². The summed E-state index contributed by atoms with van der Waals surface area (Å²) in [5.41, 5.74) is 5.66. The number of piperidine rings is 1. The lowest BCUT2D eigenvalue weighted by Gasteiger charge is -2.27. The summed E-state index contributed by atoms with van der Waals surface area (Å²) in [6, 6.07) is -1.60. The minimum atomic E-state index is -4.77. The third-order valence-corrected chi connectivity index (χ3v) is 4.91. The quantitative estimate of drug-likeness (QED) is 0.668. The lowest BCUT2D eigenvalue weighted by Crippen LogP contribution is -2.35. The standard InChI is InChI=1S/C12H16N6O6S/c13-9-3-6(4-14-9)10-15-16-11(23-10)8-2-1-7-5-17(8)12(19)18(7)24-25(20,21)22/h6-8H,1-5H2,(H2,13,14)(H,20,21,22)/t6?,7-,8+/m1/s1. The number of aromatic nitrogens is 2. The van der Waals surface area contributed by atoms with E-state index in [0.29, 0.717) is 42.6 Å². The van der Waals surface area contributed by atoms with Gasteiger partial charge < -0.3 is 15.1 Å². The van der Waals surface area contributed by atoms with Crippen LogP contribution < -0.4 is 5.73 Å². The topological polar surface area (TPSA) is 164 Å². The average molecular weight is 372 g/mol. The Hall–Kier alpha value is -2.25. The number of nitrogens with zero attached hydrogens (tertiary/aromatic N) is 5. The summed E-state index contributed by atoms with van der Waals surface area (Å²) in [7, 11) is -4.77. The highest BCUT2D eigenvalue weighted by molar-refractivity contribution is 7.80. The molecule has 0 saturated carbocycles. The molecule has 13 heteroatoms. The van der Waals surface area contributed by atoms with Gasteiger partial charge in [-0.25, -0.2) is 4.79 Å². The van der Waals surface area contributed by atoms with Crippen LogP contribution in [0, 0.1) is 0 Å². The molecule has 1 unspecified atom stereocenters. The van der Waals surface area contributed by atoms with Crippen LogP contribution in [0.2, 0.25) is 0 Å². The number of hydrogen-bond donors (Lipinski definition) is 2. The summed E-state index contributed by atoms with van der Waals surface area (Å²) >= 11 is 0. The van der Waals surface area contributed by atoms with Gasteiger partial charge in [-0.3, -0.25) is 9.55 Å². The molecule has 2 fully saturated rings. The number of carbonyl (C=O) groups is 1. The van der Waals surface area contributed by atoms with E-state index in [1.165, 1.54) is 4.90 Å². The Kier molecular flexibility index (Phi) is 3.66. The van der Waals surface area contributed by atoms with Crippen LogP contribution in [0.3, 0.4) is 0 Å². The number of fused-ring (bicyclic) bond motifs is 2. The molecule has 0 radical (unpaired) electrons. The molecular formula is C12H16N6O6S. The molecule has 1 aromatic rings. The van der Waals surface area contributed by atoms with Crippen molar-refractivity contribution in [1.29, 1.82) is 0 Å². The van der Waals surface area contributed by atoms with E-state index in [-0.39, 0.29) is 18.4 Å². The van der Waals surface area contributed by atoms with E-state index in [9.17, 15) is 13.2 Å². The Morgan fingerprint density at radius 3 is 2.72 bits per heavy atom. The summed E-state index contributed by atoms with van der Waals surface area (Å²) in [5, 5.41) is 8.74. The first-order chi connectivity index (χ1) is 11.8. The molecule has 3 aliphatic rings. The molecule has 3 aliphatic heterocycles. The number of rotatable bonds is 4. The zero-order valence-electron chi connectivity index (χ0n) is 13.0. The van der Waals surface area contributed by atoms with Gasteiger partial charge in [0.25, 0.3) is 0 Å². The molecular weight excluding hydrogens is 356 g/mol. The van der Waals surface area contributed by atoms with E-state index in [2.05, 4.69) is 19.5 Å². The van der Waals surface area contributed by atoms with Crippen molar-refractivity contribution in [2.75, 3.05) is 13.1 Å². The largest absolute Gasteiger partial charge is 0.423 e. The maximum absolute atomic E-state index is 12.4. The number of hydroxylamine groups is 2.